The summed E-state index contributed by atoms with van der Waals surface area (Å²) in [6.45, 7) is -1.69. The Morgan fingerprint density at radius 3 is 2.15 bits per heavy atom. The van der Waals surface area contributed by atoms with Gasteiger partial charge in [-0.3, -0.25) is 13.9 Å². The van der Waals surface area contributed by atoms with Crippen molar-refractivity contribution < 1.29 is 15.3 Å². The van der Waals surface area contributed by atoms with Crippen molar-refractivity contribution in [1.29, 1.82) is 0 Å². The number of hydrogen-bond acceptors (Lipinski definition) is 5. The van der Waals surface area contributed by atoms with Crippen LogP contribution in [0.25, 0.3) is 22.2 Å². The van der Waals surface area contributed by atoms with Gasteiger partial charge in [0, 0.05) is 30.3 Å². The molecule has 0 aliphatic carbocycles. The van der Waals surface area contributed by atoms with E-state index in [2.05, 4.69) is 15.9 Å². The van der Waals surface area contributed by atoms with E-state index in [4.69, 9.17) is 0 Å². The topological polar surface area (TPSA) is 110 Å². The Kier molecular flexibility index (Phi) is 5.13. The lowest BCUT2D eigenvalue weighted by molar-refractivity contribution is 0.0168. The molecule has 0 spiro atoms. The predicted octanol–water partition coefficient (Wildman–Crippen LogP) is 0.140. The van der Waals surface area contributed by atoms with Crippen molar-refractivity contribution in [3.63, 3.8) is 0 Å². The van der Waals surface area contributed by atoms with Gasteiger partial charge in [0.15, 0.2) is 0 Å². The Bertz CT molecular complexity index is 1120. The Hall–Kier alpha value is -2.20. The molecule has 0 saturated heterocycles. The van der Waals surface area contributed by atoms with Crippen LogP contribution in [0.1, 0.15) is 0 Å². The lowest BCUT2D eigenvalue weighted by Crippen LogP contribution is -2.44. The third-order valence-electron chi connectivity index (χ3n) is 4.96. The fraction of sp³-hybridized carbons (Fsp3) is 0.333. The Labute approximate surface area is 162 Å². The molecule has 0 bridgehead atoms. The number of nitrogens with zero attached hydrogens (tertiary/aromatic N) is 3. The second-order valence-electron chi connectivity index (χ2n) is 6.49. The summed E-state index contributed by atoms with van der Waals surface area (Å²) in [5.74, 6) is 0. The van der Waals surface area contributed by atoms with Crippen molar-refractivity contribution >= 4 is 26.8 Å². The number of aryl methyl sites for hydroxylation is 1. The highest BCUT2D eigenvalue weighted by Crippen LogP contribution is 2.36. The quantitative estimate of drug-likeness (QED) is 0.525. The highest BCUT2D eigenvalue weighted by Gasteiger charge is 2.35. The van der Waals surface area contributed by atoms with Crippen LogP contribution in [0.4, 0.5) is 0 Å². The maximum atomic E-state index is 12.9. The second-order valence-corrected chi connectivity index (χ2v) is 7.35. The molecule has 144 valence electrons. The van der Waals surface area contributed by atoms with Gasteiger partial charge in [0.2, 0.25) is 0 Å². The number of hydrogen-bond donors (Lipinski definition) is 3. The molecule has 0 saturated carbocycles. The molecule has 8 nitrogen and oxygen atoms in total. The minimum atomic E-state index is -1.45. The first-order valence-corrected chi connectivity index (χ1v) is 9.01. The third kappa shape index (κ3) is 2.78. The summed E-state index contributed by atoms with van der Waals surface area (Å²) in [6, 6.07) is 7.17. The first-order valence-electron chi connectivity index (χ1n) is 8.22. The SMILES string of the molecule is Cn1c(=O)c2c(-c3ccccc3Br)n(C(CO)(CO)CO)cc2n(C)c1=O. The summed E-state index contributed by atoms with van der Waals surface area (Å²) in [5.41, 5.74) is -1.08. The van der Waals surface area contributed by atoms with Gasteiger partial charge in [-0.15, -0.1) is 0 Å². The van der Waals surface area contributed by atoms with E-state index >= 15 is 0 Å². The van der Waals surface area contributed by atoms with E-state index in [1.165, 1.54) is 29.4 Å². The van der Waals surface area contributed by atoms with Crippen LogP contribution in [0.3, 0.4) is 0 Å². The maximum absolute atomic E-state index is 12.9. The summed E-state index contributed by atoms with van der Waals surface area (Å²) in [5, 5.41) is 30.1. The maximum Gasteiger partial charge on any atom is 0.330 e. The molecule has 27 heavy (non-hydrogen) atoms. The molecule has 0 amide bonds. The number of halogens is 1. The largest absolute Gasteiger partial charge is 0.394 e. The van der Waals surface area contributed by atoms with E-state index in [0.717, 1.165) is 4.57 Å². The predicted molar refractivity (Wildman–Crippen MR) is 105 cm³/mol. The zero-order valence-electron chi connectivity index (χ0n) is 14.9. The van der Waals surface area contributed by atoms with Gasteiger partial charge in [0.1, 0.15) is 5.54 Å². The summed E-state index contributed by atoms with van der Waals surface area (Å²) in [4.78, 5) is 25.3. The number of aromatic nitrogens is 3. The highest BCUT2D eigenvalue weighted by atomic mass is 79.9. The molecule has 0 atom stereocenters. The van der Waals surface area contributed by atoms with Crippen LogP contribution in [0.2, 0.25) is 0 Å². The van der Waals surface area contributed by atoms with Gasteiger partial charge in [0.25, 0.3) is 5.56 Å². The Morgan fingerprint density at radius 1 is 1.00 bits per heavy atom. The molecule has 2 aromatic heterocycles. The van der Waals surface area contributed by atoms with Crippen molar-refractivity contribution in [3.05, 3.63) is 55.8 Å². The van der Waals surface area contributed by atoms with Gasteiger partial charge in [0.05, 0.1) is 36.4 Å². The lowest BCUT2D eigenvalue weighted by Gasteiger charge is -2.31. The van der Waals surface area contributed by atoms with Crippen molar-refractivity contribution in [1.82, 2.24) is 13.7 Å². The summed E-state index contributed by atoms with van der Waals surface area (Å²) < 4.78 is 4.50. The van der Waals surface area contributed by atoms with Gasteiger partial charge in [-0.05, 0) is 6.07 Å². The monoisotopic (exact) mass is 437 g/mol. The number of benzene rings is 1. The van der Waals surface area contributed by atoms with Gasteiger partial charge in [-0.2, -0.15) is 0 Å². The average Bonchev–Trinajstić information content (AvgIpc) is 3.08. The zero-order valence-corrected chi connectivity index (χ0v) is 16.5. The summed E-state index contributed by atoms with van der Waals surface area (Å²) >= 11 is 3.47. The molecule has 0 aliphatic rings. The molecule has 9 heteroatoms. The number of rotatable bonds is 5. The van der Waals surface area contributed by atoms with Gasteiger partial charge in [-0.25, -0.2) is 4.79 Å². The van der Waals surface area contributed by atoms with Crippen LogP contribution >= 0.6 is 15.9 Å². The van der Waals surface area contributed by atoms with E-state index in [1.807, 2.05) is 6.07 Å². The van der Waals surface area contributed by atoms with E-state index < -0.39 is 36.6 Å². The molecule has 0 aliphatic heterocycles. The van der Waals surface area contributed by atoms with Crippen molar-refractivity contribution in [2.45, 2.75) is 5.54 Å². The molecule has 3 aromatic rings. The van der Waals surface area contributed by atoms with E-state index in [0.29, 0.717) is 21.2 Å². The van der Waals surface area contributed by atoms with E-state index in [1.54, 1.807) is 18.2 Å². The standard InChI is InChI=1S/C18H20BrN3O5/c1-20-13-7-22(18(8-23,9-24)10-25)15(11-5-3-4-6-12(11)19)14(13)16(26)21(2)17(20)27/h3-7,23-25H,8-10H2,1-2H3. The van der Waals surface area contributed by atoms with Crippen molar-refractivity contribution in [2.24, 2.45) is 14.1 Å². The smallest absolute Gasteiger partial charge is 0.330 e. The first-order chi connectivity index (χ1) is 12.8. The molecule has 2 heterocycles. The molecular weight excluding hydrogens is 418 g/mol. The van der Waals surface area contributed by atoms with Crippen LogP contribution in [0, 0.1) is 0 Å². The van der Waals surface area contributed by atoms with E-state index in [9.17, 15) is 24.9 Å². The molecule has 0 radical (unpaired) electrons. The minimum Gasteiger partial charge on any atom is -0.394 e. The van der Waals surface area contributed by atoms with Crippen molar-refractivity contribution in [3.8, 4) is 11.3 Å². The average molecular weight is 438 g/mol. The minimum absolute atomic E-state index is 0.256. The van der Waals surface area contributed by atoms with Crippen LogP contribution in [-0.4, -0.2) is 48.8 Å². The summed E-state index contributed by atoms with van der Waals surface area (Å²) in [7, 11) is 2.93. The van der Waals surface area contributed by atoms with Gasteiger partial charge >= 0.3 is 5.69 Å². The molecule has 3 N–H and O–H groups in total. The normalized spacial score (nSPS) is 12.1. The molecule has 0 unspecified atom stereocenters. The van der Waals surface area contributed by atoms with Crippen LogP contribution in [0.15, 0.2) is 44.5 Å². The van der Waals surface area contributed by atoms with Crippen LogP contribution in [0.5, 0.6) is 0 Å². The van der Waals surface area contributed by atoms with Crippen LogP contribution in [-0.2, 0) is 19.6 Å². The fourth-order valence-electron chi connectivity index (χ4n) is 3.21. The van der Waals surface area contributed by atoms with Gasteiger partial charge in [-0.1, -0.05) is 34.1 Å². The van der Waals surface area contributed by atoms with E-state index in [-0.39, 0.29) is 5.39 Å². The van der Waals surface area contributed by atoms with Gasteiger partial charge < -0.3 is 19.9 Å². The summed E-state index contributed by atoms with van der Waals surface area (Å²) in [6.07, 6.45) is 1.51. The Balaban J connectivity index is 2.62. The fourth-order valence-corrected chi connectivity index (χ4v) is 3.68. The first kappa shape index (κ1) is 19.6. The van der Waals surface area contributed by atoms with Crippen molar-refractivity contribution in [2.75, 3.05) is 19.8 Å². The number of fused-ring (bicyclic) bond motifs is 1. The molecular formula is C18H20BrN3O5. The second kappa shape index (κ2) is 7.08. The number of aliphatic hydroxyl groups excluding tert-OH is 3. The molecule has 0 fully saturated rings. The van der Waals surface area contributed by atoms with Crippen LogP contribution < -0.4 is 11.2 Å². The number of aliphatic hydroxyl groups is 3. The molecule has 1 aromatic carbocycles. The molecule has 3 rings (SSSR count). The third-order valence-corrected chi connectivity index (χ3v) is 5.65. The zero-order chi connectivity index (χ0) is 19.9. The Morgan fingerprint density at radius 2 is 1.59 bits per heavy atom. The lowest BCUT2D eigenvalue weighted by atomic mass is 10.0. The highest BCUT2D eigenvalue weighted by molar-refractivity contribution is 9.10.